The summed E-state index contributed by atoms with van der Waals surface area (Å²) >= 11 is 0. The van der Waals surface area contributed by atoms with Gasteiger partial charge in [0.05, 0.1) is 5.69 Å². The number of rotatable bonds is 4. The number of allylic oxidation sites excluding steroid dienone is 3. The Morgan fingerprint density at radius 1 is 1.32 bits per heavy atom. The average Bonchev–Trinajstić information content (AvgIpc) is 2.93. The predicted octanol–water partition coefficient (Wildman–Crippen LogP) is 2.34. The van der Waals surface area contributed by atoms with Crippen molar-refractivity contribution in [2.45, 2.75) is 6.92 Å². The van der Waals surface area contributed by atoms with Gasteiger partial charge < -0.3 is 5.32 Å². The quantitative estimate of drug-likeness (QED) is 0.673. The van der Waals surface area contributed by atoms with E-state index in [0.717, 1.165) is 0 Å². The minimum Gasteiger partial charge on any atom is -0.319 e. The Hall–Kier alpha value is -2.69. The van der Waals surface area contributed by atoms with Gasteiger partial charge in [-0.3, -0.25) is 4.79 Å². The van der Waals surface area contributed by atoms with E-state index in [1.807, 2.05) is 13.0 Å². The monoisotopic (exact) mass is 254 g/mol. The van der Waals surface area contributed by atoms with E-state index in [-0.39, 0.29) is 5.91 Å². The lowest BCUT2D eigenvalue weighted by Gasteiger charge is -2.08. The van der Waals surface area contributed by atoms with E-state index in [1.165, 1.54) is 6.08 Å². The van der Waals surface area contributed by atoms with Crippen LogP contribution >= 0.6 is 0 Å². The number of hydrogen-bond acceptors (Lipinski definition) is 3. The third-order valence-electron chi connectivity index (χ3n) is 2.32. The van der Waals surface area contributed by atoms with Gasteiger partial charge in [-0.25, -0.2) is 9.67 Å². The van der Waals surface area contributed by atoms with Crippen LogP contribution in [0.4, 0.5) is 5.69 Å². The molecule has 0 radical (unpaired) electrons. The number of hydrogen-bond donors (Lipinski definition) is 1. The normalized spacial score (nSPS) is 11.2. The Balaban J connectivity index is 2.19. The molecule has 0 saturated carbocycles. The molecule has 2 heterocycles. The van der Waals surface area contributed by atoms with E-state index in [9.17, 15) is 4.79 Å². The summed E-state index contributed by atoms with van der Waals surface area (Å²) in [6.07, 6.45) is 11.9. The molecule has 0 aliphatic heterocycles. The average molecular weight is 254 g/mol. The van der Waals surface area contributed by atoms with Crippen molar-refractivity contribution in [2.24, 2.45) is 0 Å². The summed E-state index contributed by atoms with van der Waals surface area (Å²) in [4.78, 5) is 15.9. The molecular formula is C14H14N4O. The number of nitrogens with one attached hydrogen (secondary N) is 1. The van der Waals surface area contributed by atoms with E-state index in [0.29, 0.717) is 11.5 Å². The van der Waals surface area contributed by atoms with Gasteiger partial charge >= 0.3 is 0 Å². The zero-order valence-electron chi connectivity index (χ0n) is 10.5. The van der Waals surface area contributed by atoms with E-state index in [4.69, 9.17) is 0 Å². The van der Waals surface area contributed by atoms with Crippen LogP contribution in [0.5, 0.6) is 0 Å². The van der Waals surface area contributed by atoms with Crippen LogP contribution in [0.2, 0.25) is 0 Å². The minimum absolute atomic E-state index is 0.209. The van der Waals surface area contributed by atoms with Crippen LogP contribution in [0.25, 0.3) is 5.82 Å². The molecule has 96 valence electrons. The predicted molar refractivity (Wildman–Crippen MR) is 73.9 cm³/mol. The molecule has 0 fully saturated rings. The molecule has 0 spiro atoms. The molecule has 0 saturated heterocycles. The van der Waals surface area contributed by atoms with E-state index >= 15 is 0 Å². The van der Waals surface area contributed by atoms with Crippen LogP contribution in [0.1, 0.15) is 6.92 Å². The van der Waals surface area contributed by atoms with Crippen molar-refractivity contribution in [3.8, 4) is 5.82 Å². The van der Waals surface area contributed by atoms with Crippen molar-refractivity contribution in [1.82, 2.24) is 14.8 Å². The molecule has 1 N–H and O–H groups in total. The second kappa shape index (κ2) is 6.30. The fourth-order valence-corrected chi connectivity index (χ4v) is 1.50. The second-order valence-electron chi connectivity index (χ2n) is 3.70. The van der Waals surface area contributed by atoms with Gasteiger partial charge in [-0.15, -0.1) is 0 Å². The first-order chi connectivity index (χ1) is 9.31. The molecule has 1 amide bonds. The summed E-state index contributed by atoms with van der Waals surface area (Å²) in [6, 6.07) is 5.34. The van der Waals surface area contributed by atoms with Crippen molar-refractivity contribution < 1.29 is 4.79 Å². The molecule has 0 bridgehead atoms. The first kappa shape index (κ1) is 12.8. The maximum absolute atomic E-state index is 11.7. The summed E-state index contributed by atoms with van der Waals surface area (Å²) in [5, 5.41) is 6.88. The zero-order chi connectivity index (χ0) is 13.5. The Labute approximate surface area is 111 Å². The fourth-order valence-electron chi connectivity index (χ4n) is 1.50. The van der Waals surface area contributed by atoms with E-state index < -0.39 is 0 Å². The maximum atomic E-state index is 11.7. The highest BCUT2D eigenvalue weighted by Gasteiger charge is 2.07. The van der Waals surface area contributed by atoms with Gasteiger partial charge in [0, 0.05) is 24.7 Å². The summed E-state index contributed by atoms with van der Waals surface area (Å²) in [5.41, 5.74) is 0.612. The molecule has 5 nitrogen and oxygen atoms in total. The summed E-state index contributed by atoms with van der Waals surface area (Å²) in [7, 11) is 0. The van der Waals surface area contributed by atoms with E-state index in [1.54, 1.807) is 53.6 Å². The molecular weight excluding hydrogens is 240 g/mol. The molecule has 0 aliphatic carbocycles. The van der Waals surface area contributed by atoms with Crippen molar-refractivity contribution >= 4 is 11.6 Å². The Morgan fingerprint density at radius 2 is 2.21 bits per heavy atom. The summed E-state index contributed by atoms with van der Waals surface area (Å²) in [5.74, 6) is 0.375. The molecule has 0 aliphatic rings. The third kappa shape index (κ3) is 3.38. The van der Waals surface area contributed by atoms with Crippen LogP contribution in [0.3, 0.4) is 0 Å². The molecule has 0 unspecified atom stereocenters. The van der Waals surface area contributed by atoms with Crippen LogP contribution < -0.4 is 5.32 Å². The lowest BCUT2D eigenvalue weighted by atomic mass is 10.3. The lowest BCUT2D eigenvalue weighted by Crippen LogP contribution is -2.11. The Morgan fingerprint density at radius 3 is 2.95 bits per heavy atom. The van der Waals surface area contributed by atoms with Crippen molar-refractivity contribution in [2.75, 3.05) is 5.32 Å². The highest BCUT2D eigenvalue weighted by atomic mass is 16.1. The third-order valence-corrected chi connectivity index (χ3v) is 2.32. The molecule has 0 atom stereocenters. The Bertz CT molecular complexity index is 600. The highest BCUT2D eigenvalue weighted by Crippen LogP contribution is 2.15. The highest BCUT2D eigenvalue weighted by molar-refractivity contribution is 6.00. The van der Waals surface area contributed by atoms with Crippen LogP contribution in [-0.2, 0) is 4.79 Å². The van der Waals surface area contributed by atoms with Gasteiger partial charge in [-0.05, 0) is 25.1 Å². The lowest BCUT2D eigenvalue weighted by molar-refractivity contribution is -0.111. The summed E-state index contributed by atoms with van der Waals surface area (Å²) < 4.78 is 1.60. The number of pyridine rings is 1. The standard InChI is InChI=1S/C14H14N4O/c1-2-3-4-8-13(19)17-12-7-5-9-15-14(12)18-11-6-10-16-18/h2-11H,1H3,(H,17,19). The maximum Gasteiger partial charge on any atom is 0.248 e. The summed E-state index contributed by atoms with van der Waals surface area (Å²) in [6.45, 7) is 1.89. The van der Waals surface area contributed by atoms with Gasteiger partial charge in [0.15, 0.2) is 5.82 Å². The van der Waals surface area contributed by atoms with E-state index in [2.05, 4.69) is 15.4 Å². The molecule has 2 aromatic heterocycles. The van der Waals surface area contributed by atoms with Crippen LogP contribution in [0.15, 0.2) is 61.1 Å². The van der Waals surface area contributed by atoms with Crippen LogP contribution in [0, 0.1) is 0 Å². The number of aromatic nitrogens is 3. The number of anilines is 1. The largest absolute Gasteiger partial charge is 0.319 e. The van der Waals surface area contributed by atoms with Crippen LogP contribution in [-0.4, -0.2) is 20.7 Å². The smallest absolute Gasteiger partial charge is 0.248 e. The van der Waals surface area contributed by atoms with Gasteiger partial charge in [0.25, 0.3) is 0 Å². The molecule has 5 heteroatoms. The molecule has 2 rings (SSSR count). The Kier molecular flexibility index (Phi) is 4.23. The van der Waals surface area contributed by atoms with Gasteiger partial charge in [0.2, 0.25) is 5.91 Å². The zero-order valence-corrected chi connectivity index (χ0v) is 10.5. The first-order valence-electron chi connectivity index (χ1n) is 5.86. The van der Waals surface area contributed by atoms with Gasteiger partial charge in [0.1, 0.15) is 0 Å². The van der Waals surface area contributed by atoms with Crippen molar-refractivity contribution in [1.29, 1.82) is 0 Å². The number of nitrogens with zero attached hydrogens (tertiary/aromatic N) is 3. The second-order valence-corrected chi connectivity index (χ2v) is 3.70. The minimum atomic E-state index is -0.209. The first-order valence-corrected chi connectivity index (χ1v) is 5.86. The molecule has 2 aromatic rings. The van der Waals surface area contributed by atoms with Gasteiger partial charge in [-0.1, -0.05) is 18.2 Å². The van der Waals surface area contributed by atoms with Crippen molar-refractivity contribution in [3.63, 3.8) is 0 Å². The molecule has 0 aromatic carbocycles. The fraction of sp³-hybridized carbons (Fsp3) is 0.0714. The molecule has 19 heavy (non-hydrogen) atoms. The number of carbonyl (C=O) groups is 1. The SMILES string of the molecule is CC=CC=CC(=O)Nc1cccnc1-n1cccn1. The van der Waals surface area contributed by atoms with Gasteiger partial charge in [-0.2, -0.15) is 5.10 Å². The number of carbonyl (C=O) groups excluding carboxylic acids is 1. The topological polar surface area (TPSA) is 59.8 Å². The van der Waals surface area contributed by atoms with Crippen molar-refractivity contribution in [3.05, 3.63) is 61.1 Å². The number of amides is 1.